The monoisotopic (exact) mass is 391 g/mol. The van der Waals surface area contributed by atoms with Gasteiger partial charge in [0.15, 0.2) is 11.2 Å². The molecule has 2 aromatic heterocycles. The summed E-state index contributed by atoms with van der Waals surface area (Å²) < 4.78 is 11.3. The van der Waals surface area contributed by atoms with Crippen LogP contribution >= 0.6 is 11.3 Å². The lowest BCUT2D eigenvalue weighted by Gasteiger charge is -2.31. The van der Waals surface area contributed by atoms with Gasteiger partial charge < -0.3 is 14.1 Å². The molecule has 1 fully saturated rings. The van der Waals surface area contributed by atoms with Crippen molar-refractivity contribution in [2.45, 2.75) is 58.0 Å². The first-order chi connectivity index (χ1) is 13.0. The van der Waals surface area contributed by atoms with Crippen molar-refractivity contribution >= 4 is 22.5 Å². The zero-order valence-corrected chi connectivity index (χ0v) is 16.8. The van der Waals surface area contributed by atoms with Crippen LogP contribution in [0.3, 0.4) is 0 Å². The van der Waals surface area contributed by atoms with Crippen LogP contribution in [0.4, 0.5) is 9.93 Å². The van der Waals surface area contributed by atoms with Gasteiger partial charge in [0.25, 0.3) is 0 Å². The van der Waals surface area contributed by atoms with Crippen LogP contribution < -0.4 is 5.32 Å². The summed E-state index contributed by atoms with van der Waals surface area (Å²) in [5, 5.41) is 11.7. The Kier molecular flexibility index (Phi) is 4.90. The standard InChI is InChI=1S/C18H25N5O3S/c1-4-13-21-22-15(26-13)11-10-23(8-9-25-11)17(24)20-16-19-14-12(27-16)6-5-7-18(14,2)3/h11H,4-10H2,1-3H3,(H,19,20,24). The summed E-state index contributed by atoms with van der Waals surface area (Å²) in [5.41, 5.74) is 1.21. The minimum Gasteiger partial charge on any atom is -0.422 e. The van der Waals surface area contributed by atoms with E-state index in [9.17, 15) is 4.79 Å². The van der Waals surface area contributed by atoms with Crippen molar-refractivity contribution in [3.63, 3.8) is 0 Å². The molecular weight excluding hydrogens is 366 g/mol. The fraction of sp³-hybridized carbons (Fsp3) is 0.667. The molecule has 1 saturated heterocycles. The van der Waals surface area contributed by atoms with Crippen molar-refractivity contribution in [3.8, 4) is 0 Å². The van der Waals surface area contributed by atoms with Crippen LogP contribution in [0.2, 0.25) is 0 Å². The summed E-state index contributed by atoms with van der Waals surface area (Å²) in [6.07, 6.45) is 3.63. The van der Waals surface area contributed by atoms with Gasteiger partial charge in [0.1, 0.15) is 0 Å². The minimum atomic E-state index is -0.388. The molecule has 0 radical (unpaired) electrons. The first kappa shape index (κ1) is 18.4. The average Bonchev–Trinajstić information content (AvgIpc) is 3.29. The predicted octanol–water partition coefficient (Wildman–Crippen LogP) is 3.31. The van der Waals surface area contributed by atoms with Crippen LogP contribution in [-0.2, 0) is 23.0 Å². The van der Waals surface area contributed by atoms with Gasteiger partial charge in [0.05, 0.1) is 18.8 Å². The highest BCUT2D eigenvalue weighted by atomic mass is 32.1. The molecule has 2 aliphatic rings. The molecule has 9 heteroatoms. The topological polar surface area (TPSA) is 93.4 Å². The third-order valence-electron chi connectivity index (χ3n) is 5.17. The van der Waals surface area contributed by atoms with E-state index in [1.165, 1.54) is 11.3 Å². The second-order valence-corrected chi connectivity index (χ2v) is 8.74. The molecule has 27 heavy (non-hydrogen) atoms. The zero-order valence-electron chi connectivity index (χ0n) is 15.9. The summed E-state index contributed by atoms with van der Waals surface area (Å²) >= 11 is 1.59. The molecule has 1 aliphatic carbocycles. The van der Waals surface area contributed by atoms with Crippen LogP contribution in [0.5, 0.6) is 0 Å². The third-order valence-corrected chi connectivity index (χ3v) is 6.20. The van der Waals surface area contributed by atoms with E-state index in [1.54, 1.807) is 16.2 Å². The number of hydrogen-bond acceptors (Lipinski definition) is 7. The number of carbonyl (C=O) groups excluding carboxylic acids is 1. The van der Waals surface area contributed by atoms with Gasteiger partial charge >= 0.3 is 6.03 Å². The Morgan fingerprint density at radius 3 is 3.00 bits per heavy atom. The second kappa shape index (κ2) is 7.20. The van der Waals surface area contributed by atoms with Crippen molar-refractivity contribution in [2.75, 3.05) is 25.0 Å². The van der Waals surface area contributed by atoms with Gasteiger partial charge in [-0.2, -0.15) is 0 Å². The number of fused-ring (bicyclic) bond motifs is 1. The van der Waals surface area contributed by atoms with E-state index in [0.717, 1.165) is 18.5 Å². The van der Waals surface area contributed by atoms with E-state index in [2.05, 4.69) is 29.4 Å². The maximum Gasteiger partial charge on any atom is 0.323 e. The lowest BCUT2D eigenvalue weighted by molar-refractivity contribution is -0.0275. The van der Waals surface area contributed by atoms with E-state index in [4.69, 9.17) is 14.1 Å². The van der Waals surface area contributed by atoms with Gasteiger partial charge in [-0.3, -0.25) is 5.32 Å². The summed E-state index contributed by atoms with van der Waals surface area (Å²) in [6, 6.07) is -0.164. The second-order valence-electron chi connectivity index (χ2n) is 7.65. The average molecular weight is 391 g/mol. The molecule has 8 nitrogen and oxygen atoms in total. The Morgan fingerprint density at radius 1 is 1.41 bits per heavy atom. The van der Waals surface area contributed by atoms with E-state index in [-0.39, 0.29) is 17.6 Å². The van der Waals surface area contributed by atoms with Crippen LogP contribution in [0, 0.1) is 0 Å². The fourth-order valence-corrected chi connectivity index (χ4v) is 4.78. The summed E-state index contributed by atoms with van der Waals surface area (Å²) in [4.78, 5) is 20.5. The number of anilines is 1. The molecule has 1 aliphatic heterocycles. The number of thiazole rings is 1. The van der Waals surface area contributed by atoms with Gasteiger partial charge in [-0.25, -0.2) is 9.78 Å². The maximum absolute atomic E-state index is 12.7. The van der Waals surface area contributed by atoms with Crippen molar-refractivity contribution in [1.82, 2.24) is 20.1 Å². The number of aryl methyl sites for hydroxylation is 2. The minimum absolute atomic E-state index is 0.0755. The number of morpholine rings is 1. The Bertz CT molecular complexity index is 831. The largest absolute Gasteiger partial charge is 0.422 e. The highest BCUT2D eigenvalue weighted by Gasteiger charge is 2.33. The van der Waals surface area contributed by atoms with Gasteiger partial charge in [0, 0.05) is 23.3 Å². The maximum atomic E-state index is 12.7. The van der Waals surface area contributed by atoms with Crippen LogP contribution in [0.15, 0.2) is 4.42 Å². The van der Waals surface area contributed by atoms with Crippen molar-refractivity contribution in [3.05, 3.63) is 22.4 Å². The number of aromatic nitrogens is 3. The molecule has 0 aromatic carbocycles. The Labute approximate surface area is 162 Å². The SMILES string of the molecule is CCc1nnc(C2CN(C(=O)Nc3nc4c(s3)CCCC4(C)C)CCO2)o1. The number of amides is 2. The normalized spacial score (nSPS) is 21.7. The smallest absolute Gasteiger partial charge is 0.323 e. The van der Waals surface area contributed by atoms with Gasteiger partial charge in [-0.05, 0) is 19.3 Å². The fourth-order valence-electron chi connectivity index (χ4n) is 3.61. The quantitative estimate of drug-likeness (QED) is 0.863. The van der Waals surface area contributed by atoms with Crippen LogP contribution in [-0.4, -0.2) is 45.8 Å². The van der Waals surface area contributed by atoms with Crippen molar-refractivity contribution < 1.29 is 13.9 Å². The van der Waals surface area contributed by atoms with Gasteiger partial charge in [-0.15, -0.1) is 21.5 Å². The number of rotatable bonds is 3. The van der Waals surface area contributed by atoms with E-state index < -0.39 is 0 Å². The molecule has 1 atom stereocenters. The molecule has 1 N–H and O–H groups in total. The van der Waals surface area contributed by atoms with Crippen LogP contribution in [0.1, 0.15) is 62.1 Å². The lowest BCUT2D eigenvalue weighted by Crippen LogP contribution is -2.44. The molecule has 146 valence electrons. The van der Waals surface area contributed by atoms with Crippen LogP contribution in [0.25, 0.3) is 0 Å². The van der Waals surface area contributed by atoms with E-state index in [1.807, 2.05) is 6.92 Å². The summed E-state index contributed by atoms with van der Waals surface area (Å²) in [7, 11) is 0. The van der Waals surface area contributed by atoms with E-state index in [0.29, 0.717) is 43.0 Å². The summed E-state index contributed by atoms with van der Waals surface area (Å²) in [6.45, 7) is 7.73. The molecule has 0 spiro atoms. The predicted molar refractivity (Wildman–Crippen MR) is 101 cm³/mol. The summed E-state index contributed by atoms with van der Waals surface area (Å²) in [5.74, 6) is 1.00. The first-order valence-corrected chi connectivity index (χ1v) is 10.3. The third kappa shape index (κ3) is 3.70. The number of nitrogens with one attached hydrogen (secondary N) is 1. The molecule has 0 bridgehead atoms. The Morgan fingerprint density at radius 2 is 2.26 bits per heavy atom. The van der Waals surface area contributed by atoms with Crippen molar-refractivity contribution in [2.24, 2.45) is 0 Å². The molecule has 4 rings (SSSR count). The molecule has 1 unspecified atom stereocenters. The Balaban J connectivity index is 1.43. The number of nitrogens with zero attached hydrogens (tertiary/aromatic N) is 4. The van der Waals surface area contributed by atoms with E-state index >= 15 is 0 Å². The number of carbonyl (C=O) groups is 1. The van der Waals surface area contributed by atoms with Gasteiger partial charge in [-0.1, -0.05) is 20.8 Å². The highest BCUT2D eigenvalue weighted by Crippen LogP contribution is 2.40. The number of ether oxygens (including phenoxy) is 1. The molecular formula is C18H25N5O3S. The molecule has 2 aromatic rings. The molecule has 3 heterocycles. The van der Waals surface area contributed by atoms with Crippen molar-refractivity contribution in [1.29, 1.82) is 0 Å². The number of urea groups is 1. The molecule has 2 amide bonds. The highest BCUT2D eigenvalue weighted by molar-refractivity contribution is 7.15. The lowest BCUT2D eigenvalue weighted by atomic mass is 9.79. The molecule has 0 saturated carbocycles. The number of hydrogen-bond donors (Lipinski definition) is 1. The Hall–Kier alpha value is -2.00. The van der Waals surface area contributed by atoms with Gasteiger partial charge in [0.2, 0.25) is 11.8 Å². The first-order valence-electron chi connectivity index (χ1n) is 9.46. The zero-order chi connectivity index (χ0) is 19.0.